The Morgan fingerprint density at radius 2 is 1.59 bits per heavy atom. The van der Waals surface area contributed by atoms with Crippen molar-refractivity contribution in [3.8, 4) is 11.5 Å². The highest BCUT2D eigenvalue weighted by Crippen LogP contribution is 2.21. The molecule has 5 heteroatoms. The molecule has 0 aliphatic carbocycles. The van der Waals surface area contributed by atoms with Crippen LogP contribution in [-0.4, -0.2) is 37.0 Å². The van der Waals surface area contributed by atoms with Gasteiger partial charge in [0.25, 0.3) is 5.91 Å². The molecule has 4 nitrogen and oxygen atoms in total. The standard InChI is InChI=1S/C24H23FN2O2/c25-21-11-9-20(10-12-21)24(28)27-15-13-26(14-16-27)18-19-5-4-8-23(17-19)29-22-6-2-1-3-7-22/h1-12,17H,13-16,18H2/p+1. The zero-order valence-electron chi connectivity index (χ0n) is 16.2. The lowest BCUT2D eigenvalue weighted by molar-refractivity contribution is -0.917. The first-order chi connectivity index (χ1) is 14.2. The molecule has 3 aromatic carbocycles. The number of carbonyl (C=O) groups is 1. The Bertz CT molecular complexity index is 952. The summed E-state index contributed by atoms with van der Waals surface area (Å²) in [5.41, 5.74) is 1.76. The first-order valence-corrected chi connectivity index (χ1v) is 9.88. The highest BCUT2D eigenvalue weighted by atomic mass is 19.1. The molecule has 1 heterocycles. The Labute approximate surface area is 170 Å². The molecule has 1 fully saturated rings. The maximum atomic E-state index is 13.1. The van der Waals surface area contributed by atoms with Crippen LogP contribution in [-0.2, 0) is 6.54 Å². The van der Waals surface area contributed by atoms with Crippen molar-refractivity contribution < 1.29 is 18.8 Å². The number of para-hydroxylation sites is 1. The van der Waals surface area contributed by atoms with Crippen LogP contribution in [0.5, 0.6) is 11.5 Å². The molecule has 0 spiro atoms. The van der Waals surface area contributed by atoms with Crippen molar-refractivity contribution in [2.45, 2.75) is 6.54 Å². The van der Waals surface area contributed by atoms with E-state index in [-0.39, 0.29) is 11.7 Å². The van der Waals surface area contributed by atoms with E-state index in [1.807, 2.05) is 47.4 Å². The molecule has 1 N–H and O–H groups in total. The second-order valence-electron chi connectivity index (χ2n) is 7.29. The summed E-state index contributed by atoms with van der Waals surface area (Å²) in [5.74, 6) is 1.31. The molecule has 3 aromatic rings. The van der Waals surface area contributed by atoms with Gasteiger partial charge in [-0.05, 0) is 48.5 Å². The van der Waals surface area contributed by atoms with Crippen molar-refractivity contribution in [2.75, 3.05) is 26.2 Å². The van der Waals surface area contributed by atoms with Gasteiger partial charge < -0.3 is 14.5 Å². The van der Waals surface area contributed by atoms with Gasteiger partial charge in [0.05, 0.1) is 26.2 Å². The van der Waals surface area contributed by atoms with Crippen molar-refractivity contribution in [2.24, 2.45) is 0 Å². The Morgan fingerprint density at radius 3 is 2.31 bits per heavy atom. The molecular weight excluding hydrogens is 367 g/mol. The average Bonchev–Trinajstić information content (AvgIpc) is 2.75. The molecule has 1 saturated heterocycles. The van der Waals surface area contributed by atoms with Gasteiger partial charge in [-0.3, -0.25) is 4.79 Å². The third kappa shape index (κ3) is 5.00. The minimum atomic E-state index is -0.325. The van der Waals surface area contributed by atoms with E-state index in [9.17, 15) is 9.18 Å². The molecule has 1 aliphatic heterocycles. The average molecular weight is 391 g/mol. The van der Waals surface area contributed by atoms with E-state index >= 15 is 0 Å². The Hall–Kier alpha value is -3.18. The first kappa shape index (κ1) is 19.2. The first-order valence-electron chi connectivity index (χ1n) is 9.88. The molecule has 0 atom stereocenters. The van der Waals surface area contributed by atoms with Crippen molar-refractivity contribution in [1.29, 1.82) is 0 Å². The fourth-order valence-corrected chi connectivity index (χ4v) is 3.61. The summed E-state index contributed by atoms with van der Waals surface area (Å²) in [5, 5.41) is 0. The van der Waals surface area contributed by atoms with Crippen LogP contribution >= 0.6 is 0 Å². The summed E-state index contributed by atoms with van der Waals surface area (Å²) in [4.78, 5) is 15.9. The molecule has 0 saturated carbocycles. The normalized spacial score (nSPS) is 14.6. The second-order valence-corrected chi connectivity index (χ2v) is 7.29. The number of rotatable bonds is 5. The third-order valence-electron chi connectivity index (χ3n) is 5.18. The van der Waals surface area contributed by atoms with Crippen LogP contribution < -0.4 is 9.64 Å². The number of hydrogen-bond acceptors (Lipinski definition) is 2. The summed E-state index contributed by atoms with van der Waals surface area (Å²) in [7, 11) is 0. The van der Waals surface area contributed by atoms with Crippen LogP contribution in [0.15, 0.2) is 78.9 Å². The number of halogens is 1. The van der Waals surface area contributed by atoms with Crippen molar-refractivity contribution in [3.63, 3.8) is 0 Å². The maximum Gasteiger partial charge on any atom is 0.254 e. The van der Waals surface area contributed by atoms with E-state index < -0.39 is 0 Å². The van der Waals surface area contributed by atoms with Gasteiger partial charge in [-0.15, -0.1) is 0 Å². The molecule has 0 aromatic heterocycles. The molecule has 148 valence electrons. The quantitative estimate of drug-likeness (QED) is 0.725. The van der Waals surface area contributed by atoms with Gasteiger partial charge in [-0.1, -0.05) is 30.3 Å². The molecule has 29 heavy (non-hydrogen) atoms. The summed E-state index contributed by atoms with van der Waals surface area (Å²) in [6, 6.07) is 23.7. The van der Waals surface area contributed by atoms with Crippen molar-refractivity contribution >= 4 is 5.91 Å². The highest BCUT2D eigenvalue weighted by Gasteiger charge is 2.24. The van der Waals surface area contributed by atoms with Crippen molar-refractivity contribution in [1.82, 2.24) is 4.90 Å². The minimum absolute atomic E-state index is 0.0256. The van der Waals surface area contributed by atoms with E-state index in [4.69, 9.17) is 4.74 Å². The van der Waals surface area contributed by atoms with E-state index in [1.165, 1.54) is 22.6 Å². The van der Waals surface area contributed by atoms with Crippen LogP contribution in [0, 0.1) is 5.82 Å². The number of hydrogen-bond donors (Lipinski definition) is 1. The number of nitrogens with zero attached hydrogens (tertiary/aromatic N) is 1. The van der Waals surface area contributed by atoms with Crippen LogP contribution in [0.25, 0.3) is 0 Å². The van der Waals surface area contributed by atoms with E-state index in [0.29, 0.717) is 18.7 Å². The lowest BCUT2D eigenvalue weighted by Crippen LogP contribution is -3.13. The van der Waals surface area contributed by atoms with Crippen LogP contribution in [0.1, 0.15) is 15.9 Å². The van der Waals surface area contributed by atoms with Gasteiger partial charge in [0.1, 0.15) is 23.9 Å². The van der Waals surface area contributed by atoms with Crippen molar-refractivity contribution in [3.05, 3.63) is 95.8 Å². The molecule has 0 radical (unpaired) electrons. The smallest absolute Gasteiger partial charge is 0.254 e. The monoisotopic (exact) mass is 391 g/mol. The lowest BCUT2D eigenvalue weighted by atomic mass is 10.1. The van der Waals surface area contributed by atoms with E-state index in [2.05, 4.69) is 12.1 Å². The minimum Gasteiger partial charge on any atom is -0.457 e. The van der Waals surface area contributed by atoms with E-state index in [0.717, 1.165) is 31.1 Å². The summed E-state index contributed by atoms with van der Waals surface area (Å²) in [6.07, 6.45) is 0. The van der Waals surface area contributed by atoms with Gasteiger partial charge in [0.15, 0.2) is 0 Å². The number of amides is 1. The molecule has 0 bridgehead atoms. The number of nitrogens with one attached hydrogen (secondary N) is 1. The Morgan fingerprint density at radius 1 is 0.897 bits per heavy atom. The fraction of sp³-hybridized carbons (Fsp3) is 0.208. The molecular formula is C24H24FN2O2+. The highest BCUT2D eigenvalue weighted by molar-refractivity contribution is 5.94. The van der Waals surface area contributed by atoms with Crippen LogP contribution in [0.4, 0.5) is 4.39 Å². The number of benzene rings is 3. The summed E-state index contributed by atoms with van der Waals surface area (Å²) in [6.45, 7) is 4.06. The number of ether oxygens (including phenoxy) is 1. The third-order valence-corrected chi connectivity index (χ3v) is 5.18. The van der Waals surface area contributed by atoms with Gasteiger partial charge in [-0.2, -0.15) is 0 Å². The number of carbonyl (C=O) groups excluding carboxylic acids is 1. The SMILES string of the molecule is O=C(c1ccc(F)cc1)N1CC[NH+](Cc2cccc(Oc3ccccc3)c2)CC1. The van der Waals surface area contributed by atoms with Gasteiger partial charge >= 0.3 is 0 Å². The Kier molecular flexibility index (Phi) is 5.86. The van der Waals surface area contributed by atoms with Gasteiger partial charge in [0, 0.05) is 11.1 Å². The Balaban J connectivity index is 1.32. The lowest BCUT2D eigenvalue weighted by Gasteiger charge is -2.32. The second kappa shape index (κ2) is 8.88. The predicted octanol–water partition coefficient (Wildman–Crippen LogP) is 3.16. The van der Waals surface area contributed by atoms with Crippen LogP contribution in [0.2, 0.25) is 0 Å². The van der Waals surface area contributed by atoms with E-state index in [1.54, 1.807) is 12.1 Å². The van der Waals surface area contributed by atoms with Gasteiger partial charge in [-0.25, -0.2) is 4.39 Å². The molecule has 0 unspecified atom stereocenters. The number of piperazine rings is 1. The summed E-state index contributed by atoms with van der Waals surface area (Å²) < 4.78 is 19.0. The molecule has 4 rings (SSSR count). The topological polar surface area (TPSA) is 34.0 Å². The van der Waals surface area contributed by atoms with Gasteiger partial charge in [0.2, 0.25) is 0 Å². The number of quaternary nitrogens is 1. The maximum absolute atomic E-state index is 13.1. The largest absolute Gasteiger partial charge is 0.457 e. The zero-order valence-corrected chi connectivity index (χ0v) is 16.2. The molecule has 1 aliphatic rings. The fourth-order valence-electron chi connectivity index (χ4n) is 3.61. The van der Waals surface area contributed by atoms with Crippen LogP contribution in [0.3, 0.4) is 0 Å². The summed E-state index contributed by atoms with van der Waals surface area (Å²) >= 11 is 0. The predicted molar refractivity (Wildman–Crippen MR) is 110 cm³/mol. The zero-order chi connectivity index (χ0) is 20.1. The molecule has 1 amide bonds.